The molecule has 6 heteroatoms. The summed E-state index contributed by atoms with van der Waals surface area (Å²) < 4.78 is 25.5. The van der Waals surface area contributed by atoms with Crippen LogP contribution in [0.25, 0.3) is 0 Å². The van der Waals surface area contributed by atoms with Gasteiger partial charge in [0.2, 0.25) is 15.9 Å². The van der Waals surface area contributed by atoms with Crippen molar-refractivity contribution in [3.05, 3.63) is 0 Å². The molecule has 1 rings (SSSR count). The van der Waals surface area contributed by atoms with Crippen LogP contribution in [0.15, 0.2) is 0 Å². The Balaban J connectivity index is 2.51. The van der Waals surface area contributed by atoms with Gasteiger partial charge in [-0.25, -0.2) is 13.1 Å². The lowest BCUT2D eigenvalue weighted by molar-refractivity contribution is -0.133. The van der Waals surface area contributed by atoms with Gasteiger partial charge >= 0.3 is 0 Å². The summed E-state index contributed by atoms with van der Waals surface area (Å²) in [4.78, 5) is 13.7. The highest BCUT2D eigenvalue weighted by Gasteiger charge is 2.25. The van der Waals surface area contributed by atoms with E-state index in [0.717, 1.165) is 32.4 Å². The standard InChI is InChI=1S/C11H22N2O3S/c1-3-9-17(15,16)12-10(2)11(14)13-7-5-4-6-8-13/h10,12H,3-9H2,1-2H3/t10-/m0/s1. The first kappa shape index (κ1) is 14.4. The highest BCUT2D eigenvalue weighted by molar-refractivity contribution is 7.89. The second-order valence-corrected chi connectivity index (χ2v) is 6.42. The van der Waals surface area contributed by atoms with E-state index in [0.29, 0.717) is 6.42 Å². The van der Waals surface area contributed by atoms with Gasteiger partial charge in [-0.2, -0.15) is 0 Å². The third kappa shape index (κ3) is 4.63. The minimum Gasteiger partial charge on any atom is -0.341 e. The fraction of sp³-hybridized carbons (Fsp3) is 0.909. The van der Waals surface area contributed by atoms with Gasteiger partial charge in [-0.05, 0) is 32.6 Å². The lowest BCUT2D eigenvalue weighted by atomic mass is 10.1. The number of nitrogens with one attached hydrogen (secondary N) is 1. The van der Waals surface area contributed by atoms with Gasteiger partial charge in [0.25, 0.3) is 0 Å². The Morgan fingerprint density at radius 3 is 2.41 bits per heavy atom. The molecule has 0 unspecified atom stereocenters. The number of sulfonamides is 1. The van der Waals surface area contributed by atoms with Gasteiger partial charge in [0.15, 0.2) is 0 Å². The van der Waals surface area contributed by atoms with E-state index in [-0.39, 0.29) is 11.7 Å². The molecule has 0 aromatic heterocycles. The van der Waals surface area contributed by atoms with Crippen molar-refractivity contribution < 1.29 is 13.2 Å². The van der Waals surface area contributed by atoms with Crippen LogP contribution < -0.4 is 4.72 Å². The molecular formula is C11H22N2O3S. The number of amides is 1. The van der Waals surface area contributed by atoms with Gasteiger partial charge in [0, 0.05) is 13.1 Å². The number of nitrogens with zero attached hydrogens (tertiary/aromatic N) is 1. The van der Waals surface area contributed by atoms with Gasteiger partial charge in [0.1, 0.15) is 0 Å². The molecular weight excluding hydrogens is 240 g/mol. The molecule has 0 saturated carbocycles. The smallest absolute Gasteiger partial charge is 0.240 e. The van der Waals surface area contributed by atoms with Crippen molar-refractivity contribution in [2.45, 2.75) is 45.6 Å². The molecule has 5 nitrogen and oxygen atoms in total. The van der Waals surface area contributed by atoms with Crippen molar-refractivity contribution in [3.8, 4) is 0 Å². The Morgan fingerprint density at radius 1 is 1.29 bits per heavy atom. The molecule has 1 aliphatic rings. The Morgan fingerprint density at radius 2 is 1.88 bits per heavy atom. The first-order valence-electron chi connectivity index (χ1n) is 6.25. The number of carbonyl (C=O) groups is 1. The van der Waals surface area contributed by atoms with Crippen molar-refractivity contribution in [1.82, 2.24) is 9.62 Å². The number of carbonyl (C=O) groups excluding carboxylic acids is 1. The molecule has 1 heterocycles. The molecule has 0 radical (unpaired) electrons. The van der Waals surface area contributed by atoms with Crippen LogP contribution in [-0.4, -0.2) is 44.1 Å². The largest absolute Gasteiger partial charge is 0.341 e. The van der Waals surface area contributed by atoms with Crippen LogP contribution in [0.1, 0.15) is 39.5 Å². The maximum atomic E-state index is 12.0. The summed E-state index contributed by atoms with van der Waals surface area (Å²) in [7, 11) is -3.31. The van der Waals surface area contributed by atoms with Crippen molar-refractivity contribution in [2.75, 3.05) is 18.8 Å². The molecule has 0 spiro atoms. The van der Waals surface area contributed by atoms with Gasteiger partial charge < -0.3 is 4.90 Å². The number of piperidine rings is 1. The zero-order valence-electron chi connectivity index (χ0n) is 10.6. The number of hydrogen-bond donors (Lipinski definition) is 1. The van der Waals surface area contributed by atoms with Crippen LogP contribution in [0.5, 0.6) is 0 Å². The Hall–Kier alpha value is -0.620. The molecule has 0 bridgehead atoms. The van der Waals surface area contributed by atoms with Crippen LogP contribution in [-0.2, 0) is 14.8 Å². The van der Waals surface area contributed by atoms with E-state index in [1.54, 1.807) is 18.7 Å². The molecule has 1 N–H and O–H groups in total. The number of likely N-dealkylation sites (tertiary alicyclic amines) is 1. The maximum absolute atomic E-state index is 12.0. The predicted octanol–water partition coefficient (Wildman–Crippen LogP) is 0.717. The second-order valence-electron chi connectivity index (χ2n) is 4.54. The number of hydrogen-bond acceptors (Lipinski definition) is 3. The van der Waals surface area contributed by atoms with Crippen molar-refractivity contribution in [1.29, 1.82) is 0 Å². The van der Waals surface area contributed by atoms with E-state index in [2.05, 4.69) is 4.72 Å². The van der Waals surface area contributed by atoms with Crippen LogP contribution >= 0.6 is 0 Å². The fourth-order valence-electron chi connectivity index (χ4n) is 2.04. The van der Waals surface area contributed by atoms with Crippen LogP contribution in [0.2, 0.25) is 0 Å². The topological polar surface area (TPSA) is 66.5 Å². The average molecular weight is 262 g/mol. The van der Waals surface area contributed by atoms with E-state index in [4.69, 9.17) is 0 Å². The lowest BCUT2D eigenvalue weighted by Crippen LogP contribution is -2.48. The summed E-state index contributed by atoms with van der Waals surface area (Å²) in [6.45, 7) is 4.91. The van der Waals surface area contributed by atoms with Crippen LogP contribution in [0.4, 0.5) is 0 Å². The predicted molar refractivity (Wildman–Crippen MR) is 67.1 cm³/mol. The average Bonchev–Trinajstić information content (AvgIpc) is 2.28. The minimum atomic E-state index is -3.31. The van der Waals surface area contributed by atoms with Gasteiger partial charge in [0.05, 0.1) is 11.8 Å². The fourth-order valence-corrected chi connectivity index (χ4v) is 3.33. The summed E-state index contributed by atoms with van der Waals surface area (Å²) in [5.41, 5.74) is 0. The number of rotatable bonds is 5. The molecule has 1 saturated heterocycles. The van der Waals surface area contributed by atoms with Crippen LogP contribution in [0, 0.1) is 0 Å². The van der Waals surface area contributed by atoms with Gasteiger partial charge in [-0.3, -0.25) is 4.79 Å². The maximum Gasteiger partial charge on any atom is 0.240 e. The summed E-state index contributed by atoms with van der Waals surface area (Å²) in [6.07, 6.45) is 3.74. The zero-order chi connectivity index (χ0) is 12.9. The SMILES string of the molecule is CCCS(=O)(=O)N[C@@H](C)C(=O)N1CCCCC1. The Labute approximate surface area is 104 Å². The molecule has 1 amide bonds. The summed E-state index contributed by atoms with van der Waals surface area (Å²) in [5, 5.41) is 0. The normalized spacial score (nSPS) is 19.1. The first-order valence-corrected chi connectivity index (χ1v) is 7.90. The van der Waals surface area contributed by atoms with Crippen LogP contribution in [0.3, 0.4) is 0 Å². The molecule has 1 aliphatic heterocycles. The summed E-state index contributed by atoms with van der Waals surface area (Å²) in [5.74, 6) is -0.0330. The molecule has 0 aliphatic carbocycles. The second kappa shape index (κ2) is 6.35. The third-order valence-electron chi connectivity index (χ3n) is 2.87. The summed E-state index contributed by atoms with van der Waals surface area (Å²) >= 11 is 0. The molecule has 100 valence electrons. The lowest BCUT2D eigenvalue weighted by Gasteiger charge is -2.29. The highest BCUT2D eigenvalue weighted by atomic mass is 32.2. The van der Waals surface area contributed by atoms with E-state index in [1.165, 1.54) is 0 Å². The van der Waals surface area contributed by atoms with E-state index in [9.17, 15) is 13.2 Å². The Bertz CT molecular complexity index is 348. The van der Waals surface area contributed by atoms with E-state index >= 15 is 0 Å². The molecule has 17 heavy (non-hydrogen) atoms. The highest BCUT2D eigenvalue weighted by Crippen LogP contribution is 2.10. The third-order valence-corrected chi connectivity index (χ3v) is 4.53. The molecule has 0 aromatic rings. The molecule has 1 fully saturated rings. The van der Waals surface area contributed by atoms with Crippen molar-refractivity contribution in [2.24, 2.45) is 0 Å². The van der Waals surface area contributed by atoms with E-state index in [1.807, 2.05) is 0 Å². The van der Waals surface area contributed by atoms with Gasteiger partial charge in [-0.15, -0.1) is 0 Å². The molecule has 0 aromatic carbocycles. The van der Waals surface area contributed by atoms with E-state index < -0.39 is 16.1 Å². The Kier molecular flexibility index (Phi) is 5.39. The van der Waals surface area contributed by atoms with Gasteiger partial charge in [-0.1, -0.05) is 6.92 Å². The summed E-state index contributed by atoms with van der Waals surface area (Å²) in [6, 6.07) is -0.648. The zero-order valence-corrected chi connectivity index (χ0v) is 11.4. The quantitative estimate of drug-likeness (QED) is 0.794. The molecule has 1 atom stereocenters. The first-order chi connectivity index (χ1) is 7.96. The van der Waals surface area contributed by atoms with Crippen molar-refractivity contribution in [3.63, 3.8) is 0 Å². The monoisotopic (exact) mass is 262 g/mol. The minimum absolute atomic E-state index is 0.0740. The van der Waals surface area contributed by atoms with Crippen molar-refractivity contribution >= 4 is 15.9 Å².